The predicted molar refractivity (Wildman–Crippen MR) is 150 cm³/mol. The first-order chi connectivity index (χ1) is 17.1. The van der Waals surface area contributed by atoms with Crippen molar-refractivity contribution in [3.05, 3.63) is 49.2 Å². The molecule has 8 nitrogen and oxygen atoms in total. The minimum Gasteiger partial charge on any atom is -0.350 e. The Morgan fingerprint density at radius 1 is 1.22 bits per heavy atom. The van der Waals surface area contributed by atoms with Gasteiger partial charge in [0, 0.05) is 37.8 Å². The van der Waals surface area contributed by atoms with Crippen LogP contribution in [0.2, 0.25) is 0 Å². The third kappa shape index (κ3) is 10.6. The van der Waals surface area contributed by atoms with Crippen molar-refractivity contribution in [1.82, 2.24) is 15.1 Å². The van der Waals surface area contributed by atoms with Gasteiger partial charge in [0.05, 0.1) is 17.7 Å². The van der Waals surface area contributed by atoms with Crippen LogP contribution in [0.3, 0.4) is 0 Å². The second-order valence-corrected chi connectivity index (χ2v) is 9.26. The highest BCUT2D eigenvalue weighted by Gasteiger charge is 2.29. The van der Waals surface area contributed by atoms with Gasteiger partial charge >= 0.3 is 0 Å². The molecular weight excluding hydrogens is 452 g/mol. The summed E-state index contributed by atoms with van der Waals surface area (Å²) < 4.78 is 0. The fourth-order valence-corrected chi connectivity index (χ4v) is 3.80. The Morgan fingerprint density at radius 3 is 2.56 bits per heavy atom. The number of aliphatic imine (C=N–C) groups is 1. The average Bonchev–Trinajstić information content (AvgIpc) is 2.85. The van der Waals surface area contributed by atoms with Crippen LogP contribution in [-0.4, -0.2) is 78.5 Å². The fraction of sp³-hybridized carbons (Fsp3) is 0.536. The standard InChI is InChI=1S/C28H44N6O2/c1-7-10-14-24(29)26(27(30)21(4)16-17-23(35)8-2)28(31-9-3)32-22-13-11-19-34(20-22)25(36)15-12-18-33(5)6/h9,12,15-17,22,26,29-30H,3-4,7-8,10-11,13-14,18-20H2,1-2,5-6H3,(H,31,32)/b15-12?,17-16-,29-24?,30-27?. The number of likely N-dealkylation sites (N-methyl/N-ethyl adjacent to an activating group) is 1. The smallest absolute Gasteiger partial charge is 0.246 e. The molecule has 0 spiro atoms. The lowest BCUT2D eigenvalue weighted by Gasteiger charge is -2.31. The number of allylic oxidation sites excluding steroid dienone is 3. The van der Waals surface area contributed by atoms with E-state index < -0.39 is 5.92 Å². The van der Waals surface area contributed by atoms with Crippen LogP contribution >= 0.6 is 0 Å². The summed E-state index contributed by atoms with van der Waals surface area (Å²) in [4.78, 5) is 33.1. The van der Waals surface area contributed by atoms with E-state index in [1.165, 1.54) is 12.3 Å². The van der Waals surface area contributed by atoms with Crippen molar-refractivity contribution in [2.45, 2.75) is 58.4 Å². The molecule has 1 aliphatic rings. The molecule has 1 saturated heterocycles. The van der Waals surface area contributed by atoms with Crippen molar-refractivity contribution in [3.8, 4) is 0 Å². The molecule has 1 amide bonds. The highest BCUT2D eigenvalue weighted by Crippen LogP contribution is 2.19. The molecule has 1 rings (SSSR count). The van der Waals surface area contributed by atoms with E-state index in [1.54, 1.807) is 24.0 Å². The van der Waals surface area contributed by atoms with Crippen LogP contribution < -0.4 is 5.32 Å². The lowest BCUT2D eigenvalue weighted by atomic mass is 9.88. The van der Waals surface area contributed by atoms with Crippen molar-refractivity contribution < 1.29 is 9.59 Å². The van der Waals surface area contributed by atoms with E-state index in [9.17, 15) is 9.59 Å². The first-order valence-electron chi connectivity index (χ1n) is 12.8. The summed E-state index contributed by atoms with van der Waals surface area (Å²) in [6, 6.07) is -0.160. The Hall–Kier alpha value is -3.13. The number of nitrogens with one attached hydrogen (secondary N) is 3. The molecule has 0 bridgehead atoms. The minimum atomic E-state index is -0.727. The number of carbonyl (C=O) groups is 2. The van der Waals surface area contributed by atoms with Crippen molar-refractivity contribution in [3.63, 3.8) is 0 Å². The highest BCUT2D eigenvalue weighted by atomic mass is 16.2. The largest absolute Gasteiger partial charge is 0.350 e. The number of hydrogen-bond donors (Lipinski definition) is 3. The molecule has 0 saturated carbocycles. The van der Waals surface area contributed by atoms with Crippen molar-refractivity contribution >= 4 is 28.9 Å². The Kier molecular flexibility index (Phi) is 14.2. The van der Waals surface area contributed by atoms with Gasteiger partial charge in [-0.15, -0.1) is 0 Å². The van der Waals surface area contributed by atoms with Crippen molar-refractivity contribution in [2.24, 2.45) is 10.9 Å². The van der Waals surface area contributed by atoms with Crippen molar-refractivity contribution in [1.29, 1.82) is 10.8 Å². The lowest BCUT2D eigenvalue weighted by molar-refractivity contribution is -0.127. The molecule has 198 valence electrons. The molecule has 1 heterocycles. The molecule has 0 aromatic rings. The van der Waals surface area contributed by atoms with Crippen LogP contribution in [0, 0.1) is 16.7 Å². The molecule has 0 radical (unpaired) electrons. The molecule has 1 fully saturated rings. The maximum atomic E-state index is 12.7. The van der Waals surface area contributed by atoms with Gasteiger partial charge < -0.3 is 25.9 Å². The van der Waals surface area contributed by atoms with Crippen LogP contribution in [0.1, 0.15) is 52.4 Å². The molecule has 0 aromatic carbocycles. The zero-order valence-electron chi connectivity index (χ0n) is 22.5. The summed E-state index contributed by atoms with van der Waals surface area (Å²) >= 11 is 0. The zero-order valence-corrected chi connectivity index (χ0v) is 22.5. The molecule has 2 unspecified atom stereocenters. The Morgan fingerprint density at radius 2 is 1.94 bits per heavy atom. The first-order valence-corrected chi connectivity index (χ1v) is 12.8. The van der Waals surface area contributed by atoms with E-state index in [-0.39, 0.29) is 23.4 Å². The topological polar surface area (TPSA) is 113 Å². The molecule has 3 N–H and O–H groups in total. The summed E-state index contributed by atoms with van der Waals surface area (Å²) in [5.41, 5.74) is 0.856. The predicted octanol–water partition coefficient (Wildman–Crippen LogP) is 4.16. The zero-order chi connectivity index (χ0) is 27.1. The van der Waals surface area contributed by atoms with Gasteiger partial charge in [-0.3, -0.25) is 14.6 Å². The number of rotatable bonds is 15. The Bertz CT molecular complexity index is 900. The van der Waals surface area contributed by atoms with Crippen LogP contribution in [0.5, 0.6) is 0 Å². The maximum Gasteiger partial charge on any atom is 0.246 e. The van der Waals surface area contributed by atoms with E-state index >= 15 is 0 Å². The van der Waals surface area contributed by atoms with Crippen LogP contribution in [0.15, 0.2) is 54.2 Å². The Labute approximate surface area is 216 Å². The quantitative estimate of drug-likeness (QED) is 0.137. The highest BCUT2D eigenvalue weighted by molar-refractivity contribution is 6.27. The molecule has 8 heteroatoms. The SMILES string of the molecule is C=CNC(=NC1CCCN(C(=O)C=CCN(C)C)C1)C(C(=N)CCCC)C(=N)C(=C)/C=C\C(=O)CC. The number of hydrogen-bond acceptors (Lipinski definition) is 6. The normalized spacial score (nSPS) is 17.4. The van der Waals surface area contributed by atoms with Gasteiger partial charge in [-0.1, -0.05) is 45.6 Å². The first kappa shape index (κ1) is 30.9. The molecule has 0 aromatic heterocycles. The van der Waals surface area contributed by atoms with Gasteiger partial charge in [0.1, 0.15) is 5.84 Å². The van der Waals surface area contributed by atoms with E-state index in [1.807, 2.05) is 25.1 Å². The van der Waals surface area contributed by atoms with Gasteiger partial charge in [-0.2, -0.15) is 0 Å². The number of amides is 1. The number of likely N-dealkylation sites (tertiary alicyclic amines) is 1. The van der Waals surface area contributed by atoms with Gasteiger partial charge in [0.15, 0.2) is 5.78 Å². The number of amidine groups is 1. The molecule has 2 atom stereocenters. The molecule has 0 aliphatic carbocycles. The van der Waals surface area contributed by atoms with E-state index in [0.717, 1.165) is 25.7 Å². The summed E-state index contributed by atoms with van der Waals surface area (Å²) in [6.07, 6.45) is 12.2. The Balaban J connectivity index is 3.21. The monoisotopic (exact) mass is 496 g/mol. The van der Waals surface area contributed by atoms with Gasteiger partial charge in [-0.05, 0) is 57.6 Å². The number of unbranched alkanes of at least 4 members (excludes halogenated alkanes) is 1. The number of ketones is 1. The number of nitrogens with zero attached hydrogens (tertiary/aromatic N) is 3. The summed E-state index contributed by atoms with van der Waals surface area (Å²) in [6.45, 7) is 13.4. The van der Waals surface area contributed by atoms with Crippen molar-refractivity contribution in [2.75, 3.05) is 33.7 Å². The summed E-state index contributed by atoms with van der Waals surface area (Å²) in [7, 11) is 3.90. The fourth-order valence-electron chi connectivity index (χ4n) is 3.80. The van der Waals surface area contributed by atoms with Gasteiger partial charge in [0.2, 0.25) is 5.91 Å². The van der Waals surface area contributed by atoms with E-state index in [0.29, 0.717) is 49.6 Å². The maximum absolute atomic E-state index is 12.7. The summed E-state index contributed by atoms with van der Waals surface area (Å²) in [5, 5.41) is 20.7. The number of carbonyl (C=O) groups excluding carboxylic acids is 2. The van der Waals surface area contributed by atoms with E-state index in [4.69, 9.17) is 15.8 Å². The van der Waals surface area contributed by atoms with Gasteiger partial charge in [-0.25, -0.2) is 0 Å². The van der Waals surface area contributed by atoms with Gasteiger partial charge in [0.25, 0.3) is 0 Å². The van der Waals surface area contributed by atoms with E-state index in [2.05, 4.69) is 25.4 Å². The average molecular weight is 497 g/mol. The second-order valence-electron chi connectivity index (χ2n) is 9.26. The molecular formula is C28H44N6O2. The third-order valence-electron chi connectivity index (χ3n) is 5.89. The molecule has 1 aliphatic heterocycles. The lowest BCUT2D eigenvalue weighted by Crippen LogP contribution is -2.44. The van der Waals surface area contributed by atoms with Crippen LogP contribution in [0.4, 0.5) is 0 Å². The molecule has 36 heavy (non-hydrogen) atoms. The van der Waals surface area contributed by atoms with Crippen LogP contribution in [0.25, 0.3) is 0 Å². The number of piperidine rings is 1. The minimum absolute atomic E-state index is 0.0333. The van der Waals surface area contributed by atoms with Crippen LogP contribution in [-0.2, 0) is 9.59 Å². The summed E-state index contributed by atoms with van der Waals surface area (Å²) in [5.74, 6) is -0.357. The second kappa shape index (κ2) is 16.5. The third-order valence-corrected chi connectivity index (χ3v) is 5.89.